The molecule has 0 spiro atoms. The van der Waals surface area contributed by atoms with E-state index < -0.39 is 17.9 Å². The number of halogens is 3. The number of carbonyl (C=O) groups excluding carboxylic acids is 1. The van der Waals surface area contributed by atoms with Crippen LogP contribution in [0.25, 0.3) is 0 Å². The number of aliphatic hydroxyl groups is 1. The Labute approximate surface area is 120 Å². The van der Waals surface area contributed by atoms with Crippen LogP contribution in [0.15, 0.2) is 18.3 Å². The van der Waals surface area contributed by atoms with Gasteiger partial charge in [-0.1, -0.05) is 13.8 Å². The minimum absolute atomic E-state index is 0.0645. The second-order valence-corrected chi connectivity index (χ2v) is 4.89. The Kier molecular flexibility index (Phi) is 5.95. The first-order valence-electron chi connectivity index (χ1n) is 6.45. The predicted molar refractivity (Wildman–Crippen MR) is 71.7 cm³/mol. The molecule has 0 aliphatic heterocycles. The molecule has 1 heterocycles. The molecule has 2 amide bonds. The first-order chi connectivity index (χ1) is 9.74. The quantitative estimate of drug-likeness (QED) is 0.783. The number of rotatable bonds is 5. The summed E-state index contributed by atoms with van der Waals surface area (Å²) in [7, 11) is 0. The summed E-state index contributed by atoms with van der Waals surface area (Å²) < 4.78 is 37.0. The average molecular weight is 305 g/mol. The van der Waals surface area contributed by atoms with Gasteiger partial charge in [0.2, 0.25) is 0 Å². The fourth-order valence-electron chi connectivity index (χ4n) is 1.68. The number of alkyl halides is 3. The van der Waals surface area contributed by atoms with Crippen molar-refractivity contribution < 1.29 is 23.1 Å². The van der Waals surface area contributed by atoms with Gasteiger partial charge in [-0.25, -0.2) is 9.78 Å². The Bertz CT molecular complexity index is 461. The van der Waals surface area contributed by atoms with Crippen molar-refractivity contribution in [1.29, 1.82) is 0 Å². The molecule has 1 unspecified atom stereocenters. The Morgan fingerprint density at radius 1 is 1.38 bits per heavy atom. The molecule has 21 heavy (non-hydrogen) atoms. The number of hydrogen-bond donors (Lipinski definition) is 3. The van der Waals surface area contributed by atoms with Crippen molar-refractivity contribution >= 4 is 11.7 Å². The van der Waals surface area contributed by atoms with Crippen LogP contribution in [-0.4, -0.2) is 28.8 Å². The maximum atomic E-state index is 12.3. The van der Waals surface area contributed by atoms with Gasteiger partial charge in [-0.2, -0.15) is 13.2 Å². The third-order valence-electron chi connectivity index (χ3n) is 2.87. The summed E-state index contributed by atoms with van der Waals surface area (Å²) in [6.45, 7) is 3.71. The third kappa shape index (κ3) is 5.58. The number of carbonyl (C=O) groups is 1. The van der Waals surface area contributed by atoms with E-state index >= 15 is 0 Å². The monoisotopic (exact) mass is 305 g/mol. The van der Waals surface area contributed by atoms with Crippen molar-refractivity contribution in [3.05, 3.63) is 24.0 Å². The number of nitrogens with zero attached hydrogens (tertiary/aromatic N) is 1. The first-order valence-corrected chi connectivity index (χ1v) is 6.45. The van der Waals surface area contributed by atoms with E-state index in [2.05, 4.69) is 15.6 Å². The predicted octanol–water partition coefficient (Wildman–Crippen LogP) is 2.63. The molecule has 0 aliphatic rings. The van der Waals surface area contributed by atoms with Crippen LogP contribution in [0.1, 0.15) is 26.0 Å². The fourth-order valence-corrected chi connectivity index (χ4v) is 1.68. The smallest absolute Gasteiger partial charge is 0.396 e. The van der Waals surface area contributed by atoms with Crippen molar-refractivity contribution in [3.8, 4) is 0 Å². The molecule has 8 heteroatoms. The van der Waals surface area contributed by atoms with Crippen molar-refractivity contribution in [1.82, 2.24) is 10.3 Å². The van der Waals surface area contributed by atoms with Crippen LogP contribution in [0.2, 0.25) is 0 Å². The lowest BCUT2D eigenvalue weighted by atomic mass is 10.0. The molecule has 1 atom stereocenters. The molecule has 1 aromatic heterocycles. The average Bonchev–Trinajstić information content (AvgIpc) is 2.37. The Morgan fingerprint density at radius 3 is 2.48 bits per heavy atom. The van der Waals surface area contributed by atoms with E-state index in [1.165, 1.54) is 0 Å². The SMILES string of the molecule is CC(C)C(CCO)NC(=O)Nc1ccc(C(F)(F)F)nc1. The van der Waals surface area contributed by atoms with Crippen LogP contribution in [-0.2, 0) is 6.18 Å². The number of nitrogens with one attached hydrogen (secondary N) is 2. The van der Waals surface area contributed by atoms with Gasteiger partial charge in [0, 0.05) is 12.6 Å². The third-order valence-corrected chi connectivity index (χ3v) is 2.87. The molecule has 0 aliphatic carbocycles. The Hall–Kier alpha value is -1.83. The van der Waals surface area contributed by atoms with Crippen LogP contribution in [0.4, 0.5) is 23.7 Å². The van der Waals surface area contributed by atoms with Gasteiger partial charge < -0.3 is 15.7 Å². The van der Waals surface area contributed by atoms with Crippen LogP contribution >= 0.6 is 0 Å². The van der Waals surface area contributed by atoms with E-state index in [4.69, 9.17) is 5.11 Å². The number of amides is 2. The summed E-state index contributed by atoms with van der Waals surface area (Å²) in [6.07, 6.45) is -3.17. The lowest BCUT2D eigenvalue weighted by Crippen LogP contribution is -2.41. The van der Waals surface area contributed by atoms with E-state index in [1.807, 2.05) is 13.8 Å². The van der Waals surface area contributed by atoms with Gasteiger partial charge in [-0.3, -0.25) is 0 Å². The van der Waals surface area contributed by atoms with Gasteiger partial charge in [-0.05, 0) is 24.5 Å². The molecule has 118 valence electrons. The molecule has 1 aromatic rings. The second kappa shape index (κ2) is 7.26. The lowest BCUT2D eigenvalue weighted by molar-refractivity contribution is -0.141. The van der Waals surface area contributed by atoms with Crippen LogP contribution in [0, 0.1) is 5.92 Å². The second-order valence-electron chi connectivity index (χ2n) is 4.89. The van der Waals surface area contributed by atoms with Gasteiger partial charge in [0.1, 0.15) is 5.69 Å². The molecule has 3 N–H and O–H groups in total. The highest BCUT2D eigenvalue weighted by atomic mass is 19.4. The van der Waals surface area contributed by atoms with E-state index in [1.54, 1.807) is 0 Å². The van der Waals surface area contributed by atoms with Crippen molar-refractivity contribution in [2.75, 3.05) is 11.9 Å². The van der Waals surface area contributed by atoms with Crippen LogP contribution in [0.3, 0.4) is 0 Å². The Balaban J connectivity index is 2.62. The number of pyridine rings is 1. The zero-order valence-corrected chi connectivity index (χ0v) is 11.7. The molecule has 0 saturated carbocycles. The van der Waals surface area contributed by atoms with Gasteiger partial charge in [-0.15, -0.1) is 0 Å². The molecule has 0 radical (unpaired) electrons. The summed E-state index contributed by atoms with van der Waals surface area (Å²) in [5.74, 6) is 0.119. The number of urea groups is 1. The highest BCUT2D eigenvalue weighted by Gasteiger charge is 2.32. The molecule has 0 aromatic carbocycles. The molecule has 5 nitrogen and oxygen atoms in total. The highest BCUT2D eigenvalue weighted by Crippen LogP contribution is 2.27. The summed E-state index contributed by atoms with van der Waals surface area (Å²) >= 11 is 0. The zero-order valence-electron chi connectivity index (χ0n) is 11.7. The maximum absolute atomic E-state index is 12.3. The number of hydrogen-bond acceptors (Lipinski definition) is 3. The fraction of sp³-hybridized carbons (Fsp3) is 0.538. The molecule has 0 fully saturated rings. The molecular formula is C13H18F3N3O2. The lowest BCUT2D eigenvalue weighted by Gasteiger charge is -2.21. The van der Waals surface area contributed by atoms with Crippen molar-refractivity contribution in [2.24, 2.45) is 5.92 Å². The molecule has 0 saturated heterocycles. The largest absolute Gasteiger partial charge is 0.433 e. The number of anilines is 1. The van der Waals surface area contributed by atoms with Gasteiger partial charge in [0.15, 0.2) is 0 Å². The summed E-state index contributed by atoms with van der Waals surface area (Å²) in [5, 5.41) is 14.0. The Morgan fingerprint density at radius 2 is 2.05 bits per heavy atom. The van der Waals surface area contributed by atoms with Gasteiger partial charge in [0.05, 0.1) is 11.9 Å². The highest BCUT2D eigenvalue weighted by molar-refractivity contribution is 5.89. The molecular weight excluding hydrogens is 287 g/mol. The van der Waals surface area contributed by atoms with E-state index in [0.29, 0.717) is 6.42 Å². The summed E-state index contributed by atoms with van der Waals surface area (Å²) in [5.41, 5.74) is -0.860. The topological polar surface area (TPSA) is 74.2 Å². The van der Waals surface area contributed by atoms with E-state index in [9.17, 15) is 18.0 Å². The number of aliphatic hydroxyl groups excluding tert-OH is 1. The van der Waals surface area contributed by atoms with E-state index in [-0.39, 0.29) is 24.3 Å². The first kappa shape index (κ1) is 17.2. The van der Waals surface area contributed by atoms with Gasteiger partial charge >= 0.3 is 12.2 Å². The molecule has 0 bridgehead atoms. The van der Waals surface area contributed by atoms with Gasteiger partial charge in [0.25, 0.3) is 0 Å². The summed E-state index contributed by atoms with van der Waals surface area (Å²) in [6, 6.07) is 1.15. The number of aromatic nitrogens is 1. The molecule has 1 rings (SSSR count). The van der Waals surface area contributed by atoms with Crippen LogP contribution < -0.4 is 10.6 Å². The van der Waals surface area contributed by atoms with Crippen molar-refractivity contribution in [2.45, 2.75) is 32.5 Å². The standard InChI is InChI=1S/C13H18F3N3O2/c1-8(2)10(5-6-20)19-12(21)18-9-3-4-11(17-7-9)13(14,15)16/h3-4,7-8,10,20H,5-6H2,1-2H3,(H2,18,19,21). The van der Waals surface area contributed by atoms with Crippen molar-refractivity contribution in [3.63, 3.8) is 0 Å². The zero-order chi connectivity index (χ0) is 16.0. The maximum Gasteiger partial charge on any atom is 0.433 e. The van der Waals surface area contributed by atoms with Crippen LogP contribution in [0.5, 0.6) is 0 Å². The normalized spacial score (nSPS) is 13.1. The summed E-state index contributed by atoms with van der Waals surface area (Å²) in [4.78, 5) is 15.0. The van der Waals surface area contributed by atoms with E-state index in [0.717, 1.165) is 18.3 Å². The minimum atomic E-state index is -4.51. The minimum Gasteiger partial charge on any atom is -0.396 e.